The molecule has 0 amide bonds. The van der Waals surface area contributed by atoms with Crippen LogP contribution in [0.15, 0.2) is 54.7 Å². The highest BCUT2D eigenvalue weighted by molar-refractivity contribution is 5.94. The van der Waals surface area contributed by atoms with Crippen LogP contribution in [-0.4, -0.2) is 43.3 Å². The van der Waals surface area contributed by atoms with E-state index in [0.717, 1.165) is 16.5 Å². The van der Waals surface area contributed by atoms with Crippen LogP contribution in [0.1, 0.15) is 48.0 Å². The third kappa shape index (κ3) is 5.28. The molecule has 3 unspecified atom stereocenters. The van der Waals surface area contributed by atoms with Crippen LogP contribution in [0.4, 0.5) is 0 Å². The van der Waals surface area contributed by atoms with E-state index < -0.39 is 5.97 Å². The van der Waals surface area contributed by atoms with Gasteiger partial charge < -0.3 is 19.0 Å². The average molecular weight is 465 g/mol. The monoisotopic (exact) mass is 464 g/mol. The predicted octanol–water partition coefficient (Wildman–Crippen LogP) is 4.18. The molecule has 34 heavy (non-hydrogen) atoms. The summed E-state index contributed by atoms with van der Waals surface area (Å²) >= 11 is 0. The molecule has 8 nitrogen and oxygen atoms in total. The number of hydrogen-bond donors (Lipinski definition) is 1. The molecule has 3 atom stereocenters. The molecule has 3 aromatic rings. The van der Waals surface area contributed by atoms with Gasteiger partial charge in [0, 0.05) is 24.4 Å². The van der Waals surface area contributed by atoms with Crippen molar-refractivity contribution in [2.24, 2.45) is 0 Å². The highest BCUT2D eigenvalue weighted by Crippen LogP contribution is 2.38. The van der Waals surface area contributed by atoms with Crippen molar-refractivity contribution < 1.29 is 28.6 Å². The summed E-state index contributed by atoms with van der Waals surface area (Å²) in [6.45, 7) is 1.41. The summed E-state index contributed by atoms with van der Waals surface area (Å²) in [5.74, 6) is 0.376. The van der Waals surface area contributed by atoms with E-state index in [1.165, 1.54) is 6.92 Å². The lowest BCUT2D eigenvalue weighted by molar-refractivity contribution is -0.148. The van der Waals surface area contributed by atoms with E-state index in [2.05, 4.69) is 10.5 Å². The van der Waals surface area contributed by atoms with E-state index in [9.17, 15) is 9.59 Å². The molecule has 0 bridgehead atoms. The maximum absolute atomic E-state index is 12.8. The van der Waals surface area contributed by atoms with Crippen LogP contribution in [0.3, 0.4) is 0 Å². The third-order valence-corrected chi connectivity index (χ3v) is 6.11. The van der Waals surface area contributed by atoms with Gasteiger partial charge in [-0.1, -0.05) is 12.1 Å². The van der Waals surface area contributed by atoms with Crippen molar-refractivity contribution in [2.75, 3.05) is 14.2 Å². The van der Waals surface area contributed by atoms with Gasteiger partial charge in [0.1, 0.15) is 6.10 Å². The quantitative estimate of drug-likeness (QED) is 0.411. The molecule has 1 heterocycles. The van der Waals surface area contributed by atoms with Crippen molar-refractivity contribution in [3.8, 4) is 11.5 Å². The molecule has 1 aromatic heterocycles. The van der Waals surface area contributed by atoms with Gasteiger partial charge in [-0.05, 0) is 61.2 Å². The molecule has 1 aliphatic carbocycles. The normalized spacial score (nSPS) is 19.9. The number of pyridine rings is 1. The fraction of sp³-hybridized carbons (Fsp3) is 0.346. The number of hydroxylamine groups is 1. The Balaban J connectivity index is 1.52. The summed E-state index contributed by atoms with van der Waals surface area (Å²) in [5, 5.41) is 0.863. The molecule has 0 aliphatic heterocycles. The molecule has 8 heteroatoms. The zero-order chi connectivity index (χ0) is 24.1. The minimum Gasteiger partial charge on any atom is -0.493 e. The fourth-order valence-electron chi connectivity index (χ4n) is 4.46. The van der Waals surface area contributed by atoms with E-state index in [1.54, 1.807) is 38.6 Å². The Hall–Kier alpha value is -3.65. The van der Waals surface area contributed by atoms with E-state index in [1.807, 2.05) is 30.3 Å². The van der Waals surface area contributed by atoms with Crippen molar-refractivity contribution >= 4 is 22.8 Å². The number of nitrogens with zero attached hydrogens (tertiary/aromatic N) is 1. The Morgan fingerprint density at radius 2 is 1.82 bits per heavy atom. The van der Waals surface area contributed by atoms with Crippen LogP contribution in [0.25, 0.3) is 10.9 Å². The van der Waals surface area contributed by atoms with Crippen LogP contribution < -0.4 is 15.0 Å². The highest BCUT2D eigenvalue weighted by atomic mass is 16.7. The zero-order valence-electron chi connectivity index (χ0n) is 19.4. The number of hydrogen-bond acceptors (Lipinski definition) is 8. The second kappa shape index (κ2) is 10.5. The molecule has 4 rings (SSSR count). The number of fused-ring (bicyclic) bond motifs is 1. The molecular weight excluding hydrogens is 436 g/mol. The second-order valence-electron chi connectivity index (χ2n) is 8.29. The van der Waals surface area contributed by atoms with Gasteiger partial charge in [0.25, 0.3) is 0 Å². The van der Waals surface area contributed by atoms with Gasteiger partial charge in [-0.2, -0.15) is 0 Å². The minimum atomic E-state index is -0.473. The first-order valence-corrected chi connectivity index (χ1v) is 11.2. The highest BCUT2D eigenvalue weighted by Gasteiger charge is 2.34. The summed E-state index contributed by atoms with van der Waals surface area (Å²) < 4.78 is 16.3. The topological polar surface area (TPSA) is 96.0 Å². The predicted molar refractivity (Wildman–Crippen MR) is 126 cm³/mol. The standard InChI is InChI=1S/C26H28N2O6/c1-16(29)33-20-8-10-23(21(15-20)17-7-11-24(31-2)25(14-17)32-3)28-34-26(30)19-6-9-22-18(13-19)5-4-12-27-22/h4-7,9,11-14,20-21,23,28H,8,10,15H2,1-3H3. The number of methoxy groups -OCH3 is 2. The first-order valence-electron chi connectivity index (χ1n) is 11.2. The SMILES string of the molecule is COc1ccc(C2CC(OC(C)=O)CCC2NOC(=O)c2ccc3ncccc3c2)cc1OC. The van der Waals surface area contributed by atoms with Gasteiger partial charge in [0.15, 0.2) is 11.5 Å². The summed E-state index contributed by atoms with van der Waals surface area (Å²) in [7, 11) is 3.17. The maximum atomic E-state index is 12.8. The summed E-state index contributed by atoms with van der Waals surface area (Å²) in [4.78, 5) is 34.1. The van der Waals surface area contributed by atoms with Crippen molar-refractivity contribution in [1.82, 2.24) is 10.5 Å². The molecule has 1 aliphatic rings. The molecule has 1 N–H and O–H groups in total. The zero-order valence-corrected chi connectivity index (χ0v) is 19.4. The fourth-order valence-corrected chi connectivity index (χ4v) is 4.46. The molecule has 178 valence electrons. The van der Waals surface area contributed by atoms with Gasteiger partial charge in [-0.15, -0.1) is 5.48 Å². The van der Waals surface area contributed by atoms with Crippen LogP contribution in [0.2, 0.25) is 0 Å². The molecule has 0 saturated heterocycles. The lowest BCUT2D eigenvalue weighted by atomic mass is 9.79. The van der Waals surface area contributed by atoms with E-state index >= 15 is 0 Å². The Labute approximate surface area is 198 Å². The first kappa shape index (κ1) is 23.5. The molecule has 0 radical (unpaired) electrons. The molecule has 1 saturated carbocycles. The Bertz CT molecular complexity index is 1180. The van der Waals surface area contributed by atoms with Crippen molar-refractivity contribution in [1.29, 1.82) is 0 Å². The molecule has 2 aromatic carbocycles. The summed E-state index contributed by atoms with van der Waals surface area (Å²) in [6, 6.07) is 14.5. The van der Waals surface area contributed by atoms with Gasteiger partial charge in [0.05, 0.1) is 31.3 Å². The van der Waals surface area contributed by atoms with Gasteiger partial charge >= 0.3 is 11.9 Å². The smallest absolute Gasteiger partial charge is 0.356 e. The maximum Gasteiger partial charge on any atom is 0.356 e. The number of ether oxygens (including phenoxy) is 3. The molecule has 0 spiro atoms. The number of aromatic nitrogens is 1. The number of rotatable bonds is 7. The van der Waals surface area contributed by atoms with E-state index in [-0.39, 0.29) is 24.0 Å². The van der Waals surface area contributed by atoms with Gasteiger partial charge in [0.2, 0.25) is 0 Å². The lowest BCUT2D eigenvalue weighted by Crippen LogP contribution is -2.42. The Morgan fingerprint density at radius 1 is 1.00 bits per heavy atom. The lowest BCUT2D eigenvalue weighted by Gasteiger charge is -2.36. The number of benzene rings is 2. The van der Waals surface area contributed by atoms with Crippen molar-refractivity contribution in [3.63, 3.8) is 0 Å². The summed E-state index contributed by atoms with van der Waals surface area (Å²) in [6.07, 6.45) is 3.41. The van der Waals surface area contributed by atoms with Crippen LogP contribution in [0, 0.1) is 0 Å². The largest absolute Gasteiger partial charge is 0.493 e. The van der Waals surface area contributed by atoms with Crippen molar-refractivity contribution in [2.45, 2.75) is 44.2 Å². The molecular formula is C26H28N2O6. The van der Waals surface area contributed by atoms with Crippen molar-refractivity contribution in [3.05, 3.63) is 65.9 Å². The number of nitrogens with one attached hydrogen (secondary N) is 1. The Morgan fingerprint density at radius 3 is 2.59 bits per heavy atom. The number of esters is 1. The first-order chi connectivity index (χ1) is 16.5. The third-order valence-electron chi connectivity index (χ3n) is 6.11. The van der Waals surface area contributed by atoms with Gasteiger partial charge in [-0.25, -0.2) is 4.79 Å². The van der Waals surface area contributed by atoms with E-state index in [4.69, 9.17) is 19.0 Å². The second-order valence-corrected chi connectivity index (χ2v) is 8.29. The minimum absolute atomic E-state index is 0.0773. The van der Waals surface area contributed by atoms with Crippen LogP contribution in [0.5, 0.6) is 11.5 Å². The van der Waals surface area contributed by atoms with Crippen LogP contribution in [-0.2, 0) is 14.4 Å². The number of carbonyl (C=O) groups excluding carboxylic acids is 2. The summed E-state index contributed by atoms with van der Waals surface area (Å²) in [5.41, 5.74) is 5.19. The van der Waals surface area contributed by atoms with Gasteiger partial charge in [-0.3, -0.25) is 9.78 Å². The van der Waals surface area contributed by atoms with Crippen LogP contribution >= 0.6 is 0 Å². The van der Waals surface area contributed by atoms with E-state index in [0.29, 0.717) is 36.3 Å². The average Bonchev–Trinajstić information content (AvgIpc) is 2.86. The molecule has 1 fully saturated rings. The Kier molecular flexibility index (Phi) is 7.27. The number of carbonyl (C=O) groups is 2.